The molecule has 0 aliphatic heterocycles. The molecule has 0 saturated heterocycles. The summed E-state index contributed by atoms with van der Waals surface area (Å²) in [5.41, 5.74) is 0. The number of allylic oxidation sites excluding steroid dienone is 3. The van der Waals surface area contributed by atoms with E-state index in [2.05, 4.69) is 6.58 Å². The summed E-state index contributed by atoms with van der Waals surface area (Å²) < 4.78 is 0. The molecule has 0 fully saturated rings. The van der Waals surface area contributed by atoms with Gasteiger partial charge in [-0.15, -0.1) is 0 Å². The third-order valence-corrected chi connectivity index (χ3v) is 1.60. The Hall–Kier alpha value is -1.18. The summed E-state index contributed by atoms with van der Waals surface area (Å²) >= 11 is 0. The van der Waals surface area contributed by atoms with Gasteiger partial charge in [0.25, 0.3) is 0 Å². The van der Waals surface area contributed by atoms with Crippen molar-refractivity contribution in [2.45, 2.75) is 32.6 Å². The summed E-state index contributed by atoms with van der Waals surface area (Å²) in [4.78, 5) is 22.1. The summed E-state index contributed by atoms with van der Waals surface area (Å²) in [7, 11) is 0. The number of hydrogen-bond acceptors (Lipinski definition) is 2. The van der Waals surface area contributed by atoms with Crippen LogP contribution in [0.4, 0.5) is 0 Å². The standard InChI is InChI=1S/C11H16O2/c1-3-5-7-10(12)9-11(13)8-6-4-2/h3,5,7H,1,4,6,8-9H2,2H3/b7-5+. The number of Topliss-reactive ketones (excluding diaryl/α,β-unsaturated/α-hetero) is 1. The van der Waals surface area contributed by atoms with E-state index in [-0.39, 0.29) is 18.0 Å². The highest BCUT2D eigenvalue weighted by molar-refractivity contribution is 6.04. The molecule has 0 aliphatic carbocycles. The first-order valence-corrected chi connectivity index (χ1v) is 4.54. The Balaban J connectivity index is 3.71. The zero-order valence-electron chi connectivity index (χ0n) is 8.08. The first-order chi connectivity index (χ1) is 6.20. The van der Waals surface area contributed by atoms with Crippen molar-refractivity contribution in [3.8, 4) is 0 Å². The van der Waals surface area contributed by atoms with Crippen molar-refractivity contribution in [3.63, 3.8) is 0 Å². The highest BCUT2D eigenvalue weighted by Crippen LogP contribution is 1.99. The molecule has 2 heteroatoms. The maximum absolute atomic E-state index is 11.1. The monoisotopic (exact) mass is 180 g/mol. The third-order valence-electron chi connectivity index (χ3n) is 1.60. The Morgan fingerprint density at radius 2 is 2.08 bits per heavy atom. The van der Waals surface area contributed by atoms with E-state index < -0.39 is 0 Å². The number of carbonyl (C=O) groups excluding carboxylic acids is 2. The van der Waals surface area contributed by atoms with Gasteiger partial charge in [0, 0.05) is 6.42 Å². The van der Waals surface area contributed by atoms with Gasteiger partial charge in [-0.05, 0) is 12.5 Å². The van der Waals surface area contributed by atoms with Gasteiger partial charge in [0.05, 0.1) is 6.42 Å². The molecule has 0 aromatic carbocycles. The lowest BCUT2D eigenvalue weighted by Crippen LogP contribution is -2.04. The van der Waals surface area contributed by atoms with Gasteiger partial charge in [0.15, 0.2) is 5.78 Å². The smallest absolute Gasteiger partial charge is 0.163 e. The summed E-state index contributed by atoms with van der Waals surface area (Å²) in [5.74, 6) is -0.110. The van der Waals surface area contributed by atoms with Crippen LogP contribution in [-0.2, 0) is 9.59 Å². The Morgan fingerprint density at radius 3 is 2.62 bits per heavy atom. The topological polar surface area (TPSA) is 34.1 Å². The largest absolute Gasteiger partial charge is 0.299 e. The molecule has 0 heterocycles. The van der Waals surface area contributed by atoms with Crippen LogP contribution >= 0.6 is 0 Å². The van der Waals surface area contributed by atoms with Crippen LogP contribution in [0.25, 0.3) is 0 Å². The average Bonchev–Trinajstić information content (AvgIpc) is 2.11. The van der Waals surface area contributed by atoms with E-state index in [1.165, 1.54) is 12.2 Å². The predicted octanol–water partition coefficient (Wildman–Crippen LogP) is 2.45. The molecule has 0 spiro atoms. The van der Waals surface area contributed by atoms with Gasteiger partial charge < -0.3 is 0 Å². The van der Waals surface area contributed by atoms with E-state index >= 15 is 0 Å². The van der Waals surface area contributed by atoms with Crippen LogP contribution in [0, 0.1) is 0 Å². The van der Waals surface area contributed by atoms with Crippen molar-refractivity contribution < 1.29 is 9.59 Å². The molecule has 0 aliphatic rings. The lowest BCUT2D eigenvalue weighted by Gasteiger charge is -1.95. The minimum atomic E-state index is -0.138. The first-order valence-electron chi connectivity index (χ1n) is 4.54. The molecule has 0 aromatic heterocycles. The summed E-state index contributed by atoms with van der Waals surface area (Å²) in [5, 5.41) is 0. The van der Waals surface area contributed by atoms with Gasteiger partial charge in [0.1, 0.15) is 5.78 Å². The van der Waals surface area contributed by atoms with E-state index in [0.717, 1.165) is 12.8 Å². The van der Waals surface area contributed by atoms with Crippen LogP contribution < -0.4 is 0 Å². The zero-order valence-corrected chi connectivity index (χ0v) is 8.08. The minimum absolute atomic E-state index is 0.0283. The Kier molecular flexibility index (Phi) is 6.79. The van der Waals surface area contributed by atoms with E-state index in [1.54, 1.807) is 6.08 Å². The van der Waals surface area contributed by atoms with Crippen LogP contribution in [0.15, 0.2) is 24.8 Å². The Bertz CT molecular complexity index is 214. The molecule has 0 unspecified atom stereocenters. The normalized spacial score (nSPS) is 10.2. The lowest BCUT2D eigenvalue weighted by molar-refractivity contribution is -0.124. The second kappa shape index (κ2) is 7.47. The maximum Gasteiger partial charge on any atom is 0.163 e. The van der Waals surface area contributed by atoms with Crippen molar-refractivity contribution in [2.24, 2.45) is 0 Å². The van der Waals surface area contributed by atoms with Crippen molar-refractivity contribution in [1.82, 2.24) is 0 Å². The van der Waals surface area contributed by atoms with Gasteiger partial charge in [-0.2, -0.15) is 0 Å². The van der Waals surface area contributed by atoms with Crippen LogP contribution in [0.5, 0.6) is 0 Å². The number of hydrogen-bond donors (Lipinski definition) is 0. The number of unbranched alkanes of at least 4 members (excludes halogenated alkanes) is 1. The van der Waals surface area contributed by atoms with Crippen LogP contribution in [0.3, 0.4) is 0 Å². The molecule has 13 heavy (non-hydrogen) atoms. The zero-order chi connectivity index (χ0) is 10.1. The van der Waals surface area contributed by atoms with Crippen LogP contribution in [-0.4, -0.2) is 11.6 Å². The summed E-state index contributed by atoms with van der Waals surface area (Å²) in [6, 6.07) is 0. The molecule has 2 nitrogen and oxygen atoms in total. The van der Waals surface area contributed by atoms with Crippen LogP contribution in [0.1, 0.15) is 32.6 Å². The van der Waals surface area contributed by atoms with Crippen molar-refractivity contribution in [3.05, 3.63) is 24.8 Å². The molecule has 0 atom stereocenters. The lowest BCUT2D eigenvalue weighted by atomic mass is 10.1. The summed E-state index contributed by atoms with van der Waals surface area (Å²) in [6.07, 6.45) is 6.87. The molecule has 0 saturated carbocycles. The Labute approximate surface area is 79.3 Å². The van der Waals surface area contributed by atoms with E-state index in [0.29, 0.717) is 6.42 Å². The Morgan fingerprint density at radius 1 is 1.38 bits per heavy atom. The molecule has 0 bridgehead atoms. The molecule has 0 rings (SSSR count). The molecule has 0 aromatic rings. The second-order valence-electron chi connectivity index (χ2n) is 2.88. The number of carbonyl (C=O) groups is 2. The maximum atomic E-state index is 11.1. The molecular formula is C11H16O2. The summed E-state index contributed by atoms with van der Waals surface area (Å²) in [6.45, 7) is 5.46. The van der Waals surface area contributed by atoms with Crippen LogP contribution in [0.2, 0.25) is 0 Å². The average molecular weight is 180 g/mol. The molecule has 0 amide bonds. The van der Waals surface area contributed by atoms with Gasteiger partial charge in [-0.25, -0.2) is 0 Å². The van der Waals surface area contributed by atoms with E-state index in [4.69, 9.17) is 0 Å². The van der Waals surface area contributed by atoms with Crippen molar-refractivity contribution in [1.29, 1.82) is 0 Å². The highest BCUT2D eigenvalue weighted by Gasteiger charge is 2.05. The minimum Gasteiger partial charge on any atom is -0.299 e. The van der Waals surface area contributed by atoms with Crippen molar-refractivity contribution >= 4 is 11.6 Å². The van der Waals surface area contributed by atoms with Crippen molar-refractivity contribution in [2.75, 3.05) is 0 Å². The number of ketones is 2. The van der Waals surface area contributed by atoms with Gasteiger partial charge in [0.2, 0.25) is 0 Å². The van der Waals surface area contributed by atoms with Gasteiger partial charge >= 0.3 is 0 Å². The van der Waals surface area contributed by atoms with E-state index in [1.807, 2.05) is 6.92 Å². The third kappa shape index (κ3) is 7.19. The highest BCUT2D eigenvalue weighted by atomic mass is 16.1. The molecular weight excluding hydrogens is 164 g/mol. The SMILES string of the molecule is C=C/C=C/C(=O)CC(=O)CCCC. The van der Waals surface area contributed by atoms with Gasteiger partial charge in [-0.1, -0.05) is 32.1 Å². The first kappa shape index (κ1) is 11.8. The fraction of sp³-hybridized carbons (Fsp3) is 0.455. The predicted molar refractivity (Wildman–Crippen MR) is 53.5 cm³/mol. The molecule has 0 radical (unpaired) electrons. The fourth-order valence-electron chi connectivity index (χ4n) is 0.891. The quantitative estimate of drug-likeness (QED) is 0.342. The molecule has 72 valence electrons. The molecule has 0 N–H and O–H groups in total. The fourth-order valence-corrected chi connectivity index (χ4v) is 0.891. The number of rotatable bonds is 7. The van der Waals surface area contributed by atoms with E-state index in [9.17, 15) is 9.59 Å². The second-order valence-corrected chi connectivity index (χ2v) is 2.88. The van der Waals surface area contributed by atoms with Gasteiger partial charge in [-0.3, -0.25) is 9.59 Å².